The molecule has 0 radical (unpaired) electrons. The van der Waals surface area contributed by atoms with E-state index in [0.29, 0.717) is 5.56 Å². The van der Waals surface area contributed by atoms with Crippen LogP contribution in [-0.4, -0.2) is 14.2 Å². The first-order valence-corrected chi connectivity index (χ1v) is 3.95. The van der Waals surface area contributed by atoms with Crippen LogP contribution in [0.1, 0.15) is 5.56 Å². The highest BCUT2D eigenvalue weighted by molar-refractivity contribution is 5.42. The van der Waals surface area contributed by atoms with Crippen molar-refractivity contribution < 1.29 is 18.7 Å². The summed E-state index contributed by atoms with van der Waals surface area (Å²) in [5.74, 6) is 4.56. The van der Waals surface area contributed by atoms with Crippen molar-refractivity contribution in [2.75, 3.05) is 14.2 Å². The van der Waals surface area contributed by atoms with Crippen LogP contribution in [0.2, 0.25) is 0 Å². The molecule has 1 aromatic rings. The van der Waals surface area contributed by atoms with E-state index in [1.807, 2.05) is 0 Å². The minimum atomic E-state index is -0.551. The Morgan fingerprint density at radius 2 is 2.00 bits per heavy atom. The molecule has 2 N–H and O–H groups in total. The van der Waals surface area contributed by atoms with Gasteiger partial charge in [0.25, 0.3) is 0 Å². The zero-order valence-corrected chi connectivity index (χ0v) is 8.04. The summed E-state index contributed by atoms with van der Waals surface area (Å²) in [7, 11) is 2.76. The Hall–Kier alpha value is -1.33. The van der Waals surface area contributed by atoms with Gasteiger partial charge in [0.1, 0.15) is 0 Å². The van der Waals surface area contributed by atoms with Crippen LogP contribution in [0.5, 0.6) is 11.5 Å². The molecule has 0 aliphatic heterocycles. The number of ether oxygens (including phenoxy) is 2. The van der Waals surface area contributed by atoms with Crippen LogP contribution in [0.15, 0.2) is 12.1 Å². The zero-order valence-electron chi connectivity index (χ0n) is 8.04. The Morgan fingerprint density at radius 1 is 1.29 bits per heavy atom. The summed E-state index contributed by atoms with van der Waals surface area (Å²) in [5.41, 5.74) is 0.535. The van der Waals surface area contributed by atoms with Gasteiger partial charge in [0, 0.05) is 5.56 Å². The second-order valence-corrected chi connectivity index (χ2v) is 2.59. The minimum absolute atomic E-state index is 0.0874. The van der Waals surface area contributed by atoms with E-state index >= 15 is 0 Å². The van der Waals surface area contributed by atoms with Crippen LogP contribution in [-0.2, 0) is 11.4 Å². The van der Waals surface area contributed by atoms with E-state index in [1.54, 1.807) is 6.07 Å². The quantitative estimate of drug-likeness (QED) is 0.744. The highest BCUT2D eigenvalue weighted by atomic mass is 19.1. The summed E-state index contributed by atoms with van der Waals surface area (Å²) in [5, 5.41) is 0. The lowest BCUT2D eigenvalue weighted by Gasteiger charge is -2.10. The topological polar surface area (TPSA) is 53.7 Å². The van der Waals surface area contributed by atoms with E-state index in [9.17, 15) is 4.39 Å². The molecule has 1 aromatic carbocycles. The molecule has 4 nitrogen and oxygen atoms in total. The Kier molecular flexibility index (Phi) is 3.67. The lowest BCUT2D eigenvalue weighted by Crippen LogP contribution is -2.03. The van der Waals surface area contributed by atoms with Gasteiger partial charge in [-0.3, -0.25) is 4.84 Å². The molecule has 78 valence electrons. The van der Waals surface area contributed by atoms with Crippen molar-refractivity contribution in [1.82, 2.24) is 0 Å². The highest BCUT2D eigenvalue weighted by Gasteiger charge is 2.14. The second-order valence-electron chi connectivity index (χ2n) is 2.59. The molecule has 0 saturated heterocycles. The van der Waals surface area contributed by atoms with Crippen LogP contribution in [0.4, 0.5) is 4.39 Å². The van der Waals surface area contributed by atoms with Gasteiger partial charge in [-0.25, -0.2) is 5.90 Å². The van der Waals surface area contributed by atoms with Crippen molar-refractivity contribution in [2.45, 2.75) is 6.61 Å². The van der Waals surface area contributed by atoms with Crippen LogP contribution >= 0.6 is 0 Å². The van der Waals surface area contributed by atoms with Gasteiger partial charge in [-0.1, -0.05) is 0 Å². The molecule has 0 aromatic heterocycles. The zero-order chi connectivity index (χ0) is 10.6. The average Bonchev–Trinajstić information content (AvgIpc) is 2.19. The van der Waals surface area contributed by atoms with E-state index in [-0.39, 0.29) is 18.1 Å². The molecule has 0 bridgehead atoms. The van der Waals surface area contributed by atoms with Gasteiger partial charge in [0.2, 0.25) is 5.82 Å². The summed E-state index contributed by atoms with van der Waals surface area (Å²) in [6.07, 6.45) is 0. The third-order valence-corrected chi connectivity index (χ3v) is 1.81. The van der Waals surface area contributed by atoms with Crippen LogP contribution in [0, 0.1) is 5.82 Å². The lowest BCUT2D eigenvalue weighted by atomic mass is 10.2. The predicted molar refractivity (Wildman–Crippen MR) is 48.5 cm³/mol. The van der Waals surface area contributed by atoms with Crippen molar-refractivity contribution in [3.63, 3.8) is 0 Å². The number of rotatable bonds is 4. The molecule has 0 unspecified atom stereocenters. The van der Waals surface area contributed by atoms with Gasteiger partial charge in [-0.2, -0.15) is 4.39 Å². The normalized spacial score (nSPS) is 10.0. The number of methoxy groups -OCH3 is 2. The minimum Gasteiger partial charge on any atom is -0.494 e. The predicted octanol–water partition coefficient (Wildman–Crippen LogP) is 1.23. The molecule has 0 spiro atoms. The van der Waals surface area contributed by atoms with E-state index < -0.39 is 5.82 Å². The summed E-state index contributed by atoms with van der Waals surface area (Å²) >= 11 is 0. The maximum Gasteiger partial charge on any atom is 0.207 e. The molecule has 0 amide bonds. The average molecular weight is 201 g/mol. The van der Waals surface area contributed by atoms with Gasteiger partial charge in [-0.05, 0) is 12.1 Å². The van der Waals surface area contributed by atoms with E-state index in [2.05, 4.69) is 4.84 Å². The van der Waals surface area contributed by atoms with Gasteiger partial charge >= 0.3 is 0 Å². The smallest absolute Gasteiger partial charge is 0.207 e. The van der Waals surface area contributed by atoms with E-state index in [4.69, 9.17) is 15.4 Å². The molecular formula is C9H12FNO3. The largest absolute Gasteiger partial charge is 0.494 e. The van der Waals surface area contributed by atoms with Crippen molar-refractivity contribution in [2.24, 2.45) is 5.90 Å². The first kappa shape index (κ1) is 10.7. The van der Waals surface area contributed by atoms with Crippen LogP contribution in [0.3, 0.4) is 0 Å². The number of hydrogen-bond donors (Lipinski definition) is 1. The first-order valence-electron chi connectivity index (χ1n) is 3.95. The molecule has 0 fully saturated rings. The fourth-order valence-electron chi connectivity index (χ4n) is 1.16. The fourth-order valence-corrected chi connectivity index (χ4v) is 1.16. The number of nitrogens with two attached hydrogens (primary N) is 1. The summed E-state index contributed by atoms with van der Waals surface area (Å²) < 4.78 is 23.2. The molecule has 5 heteroatoms. The highest BCUT2D eigenvalue weighted by Crippen LogP contribution is 2.30. The third kappa shape index (κ3) is 1.94. The Balaban J connectivity index is 3.14. The van der Waals surface area contributed by atoms with Gasteiger partial charge in [-0.15, -0.1) is 0 Å². The lowest BCUT2D eigenvalue weighted by molar-refractivity contribution is 0.121. The molecule has 0 aliphatic rings. The van der Waals surface area contributed by atoms with Gasteiger partial charge < -0.3 is 9.47 Å². The SMILES string of the molecule is COc1ccc(CON)c(OC)c1F. The van der Waals surface area contributed by atoms with Crippen LogP contribution in [0.25, 0.3) is 0 Å². The Bertz CT molecular complexity index is 317. The van der Waals surface area contributed by atoms with E-state index in [0.717, 1.165) is 0 Å². The summed E-state index contributed by atoms with van der Waals surface area (Å²) in [6.45, 7) is 0.0874. The van der Waals surface area contributed by atoms with Crippen molar-refractivity contribution in [3.8, 4) is 11.5 Å². The molecule has 0 atom stereocenters. The molecule has 0 heterocycles. The molecular weight excluding hydrogens is 189 g/mol. The van der Waals surface area contributed by atoms with Crippen LogP contribution < -0.4 is 15.4 Å². The Labute approximate surface area is 81.3 Å². The first-order chi connectivity index (χ1) is 6.74. The number of benzene rings is 1. The number of halogens is 1. The second kappa shape index (κ2) is 4.78. The van der Waals surface area contributed by atoms with Crippen molar-refractivity contribution >= 4 is 0 Å². The molecule has 0 aliphatic carbocycles. The third-order valence-electron chi connectivity index (χ3n) is 1.81. The molecule has 1 rings (SSSR count). The maximum atomic E-state index is 13.5. The maximum absolute atomic E-state index is 13.5. The fraction of sp³-hybridized carbons (Fsp3) is 0.333. The van der Waals surface area contributed by atoms with Crippen molar-refractivity contribution in [3.05, 3.63) is 23.5 Å². The summed E-state index contributed by atoms with van der Waals surface area (Å²) in [6, 6.07) is 3.12. The monoisotopic (exact) mass is 201 g/mol. The number of hydrogen-bond acceptors (Lipinski definition) is 4. The molecule has 0 saturated carbocycles. The molecule has 14 heavy (non-hydrogen) atoms. The standard InChI is InChI=1S/C9H12FNO3/c1-12-7-4-3-6(5-14-11)9(13-2)8(7)10/h3-4H,5,11H2,1-2H3. The van der Waals surface area contributed by atoms with Gasteiger partial charge in [0.15, 0.2) is 11.5 Å². The Morgan fingerprint density at radius 3 is 2.50 bits per heavy atom. The van der Waals surface area contributed by atoms with E-state index in [1.165, 1.54) is 20.3 Å². The van der Waals surface area contributed by atoms with Gasteiger partial charge in [0.05, 0.1) is 20.8 Å². The summed E-state index contributed by atoms with van der Waals surface area (Å²) in [4.78, 5) is 4.41. The van der Waals surface area contributed by atoms with Crippen molar-refractivity contribution in [1.29, 1.82) is 0 Å².